The fourth-order valence-electron chi connectivity index (χ4n) is 3.72. The fourth-order valence-corrected chi connectivity index (χ4v) is 3.72. The first-order valence-electron chi connectivity index (χ1n) is 11.7. The van der Waals surface area contributed by atoms with Gasteiger partial charge in [-0.25, -0.2) is 10.2 Å². The number of esters is 1. The van der Waals surface area contributed by atoms with Crippen LogP contribution in [-0.2, 0) is 4.79 Å². The molecular weight excluding hydrogens is 412 g/mol. The minimum atomic E-state index is -0.435. The van der Waals surface area contributed by atoms with Crippen LogP contribution in [0.4, 0.5) is 0 Å². The number of carbonyl (C=O) groups is 2. The number of hydrazone groups is 1. The highest BCUT2D eigenvalue weighted by Gasteiger charge is 2.13. The van der Waals surface area contributed by atoms with Gasteiger partial charge in [-0.2, -0.15) is 5.10 Å². The lowest BCUT2D eigenvalue weighted by Crippen LogP contribution is -2.17. The van der Waals surface area contributed by atoms with Crippen molar-refractivity contribution in [3.05, 3.63) is 77.4 Å². The third-order valence-electron chi connectivity index (χ3n) is 5.53. The van der Waals surface area contributed by atoms with Gasteiger partial charge in [0.2, 0.25) is 5.91 Å². The summed E-state index contributed by atoms with van der Waals surface area (Å²) in [7, 11) is 0. The lowest BCUT2D eigenvalue weighted by Gasteiger charge is -2.11. The van der Waals surface area contributed by atoms with E-state index in [0.29, 0.717) is 23.3 Å². The number of hydrogen-bond acceptors (Lipinski definition) is 4. The van der Waals surface area contributed by atoms with Gasteiger partial charge in [0.15, 0.2) is 0 Å². The van der Waals surface area contributed by atoms with Crippen molar-refractivity contribution in [2.45, 2.75) is 58.8 Å². The highest BCUT2D eigenvalue weighted by molar-refractivity contribution is 6.04. The number of carbonyl (C=O) groups excluding carboxylic acids is 2. The second kappa shape index (κ2) is 12.5. The summed E-state index contributed by atoms with van der Waals surface area (Å²) in [6.45, 7) is 4.12. The van der Waals surface area contributed by atoms with Crippen molar-refractivity contribution in [2.75, 3.05) is 0 Å². The number of nitrogens with zero attached hydrogens (tertiary/aromatic N) is 1. The maximum atomic E-state index is 12.7. The molecule has 1 N–H and O–H groups in total. The Hall–Kier alpha value is -3.47. The predicted molar refractivity (Wildman–Crippen MR) is 134 cm³/mol. The van der Waals surface area contributed by atoms with Gasteiger partial charge in [-0.3, -0.25) is 4.79 Å². The van der Waals surface area contributed by atoms with Gasteiger partial charge in [-0.15, -0.1) is 0 Å². The summed E-state index contributed by atoms with van der Waals surface area (Å²) in [5.41, 5.74) is 4.72. The molecule has 0 heterocycles. The highest BCUT2D eigenvalue weighted by atomic mass is 16.5. The van der Waals surface area contributed by atoms with Gasteiger partial charge in [0.25, 0.3) is 0 Å². The molecule has 3 aromatic carbocycles. The smallest absolute Gasteiger partial charge is 0.343 e. The van der Waals surface area contributed by atoms with E-state index in [1.54, 1.807) is 24.4 Å². The topological polar surface area (TPSA) is 67.8 Å². The van der Waals surface area contributed by atoms with Crippen LogP contribution in [0.25, 0.3) is 10.8 Å². The van der Waals surface area contributed by atoms with Crippen LogP contribution >= 0.6 is 0 Å². The zero-order valence-corrected chi connectivity index (χ0v) is 19.5. The zero-order chi connectivity index (χ0) is 23.5. The minimum absolute atomic E-state index is 0.111. The normalized spacial score (nSPS) is 11.1. The Balaban J connectivity index is 1.70. The molecule has 172 valence electrons. The number of aryl methyl sites for hydroxylation is 1. The van der Waals surface area contributed by atoms with E-state index in [1.165, 1.54) is 19.3 Å². The molecule has 0 unspecified atom stereocenters. The van der Waals surface area contributed by atoms with Gasteiger partial charge in [0.05, 0.1) is 11.8 Å². The number of fused-ring (bicyclic) bond motifs is 1. The van der Waals surface area contributed by atoms with Crippen molar-refractivity contribution in [1.29, 1.82) is 0 Å². The standard InChI is InChI=1S/C28H32N2O3/c1-3-4-5-6-7-8-16-27(31)30-29-20-25-24-15-10-9-13-22(24)17-18-26(25)33-28(32)23-14-11-12-21(2)19-23/h9-15,17-20H,3-8,16H2,1-2H3,(H,30,31). The van der Waals surface area contributed by atoms with Crippen LogP contribution in [0.3, 0.4) is 0 Å². The molecule has 3 rings (SSSR count). The number of unbranched alkanes of at least 4 members (excludes halogenated alkanes) is 5. The summed E-state index contributed by atoms with van der Waals surface area (Å²) >= 11 is 0. The van der Waals surface area contributed by atoms with Crippen molar-refractivity contribution < 1.29 is 14.3 Å². The van der Waals surface area contributed by atoms with Gasteiger partial charge < -0.3 is 4.74 Å². The average molecular weight is 445 g/mol. The predicted octanol–water partition coefficient (Wildman–Crippen LogP) is 6.57. The molecule has 0 aliphatic heterocycles. The van der Waals surface area contributed by atoms with Crippen molar-refractivity contribution >= 4 is 28.9 Å². The summed E-state index contributed by atoms with van der Waals surface area (Å²) in [5, 5.41) is 6.04. The Morgan fingerprint density at radius 1 is 0.939 bits per heavy atom. The molecule has 0 aliphatic rings. The van der Waals surface area contributed by atoms with Crippen LogP contribution in [0, 0.1) is 6.92 Å². The van der Waals surface area contributed by atoms with Gasteiger partial charge >= 0.3 is 5.97 Å². The maximum Gasteiger partial charge on any atom is 0.343 e. The van der Waals surface area contributed by atoms with Crippen molar-refractivity contribution in [2.24, 2.45) is 5.10 Å². The number of hydrogen-bond donors (Lipinski definition) is 1. The molecule has 0 radical (unpaired) electrons. The third kappa shape index (κ3) is 7.28. The Morgan fingerprint density at radius 2 is 1.73 bits per heavy atom. The number of rotatable bonds is 11. The van der Waals surface area contributed by atoms with Gasteiger partial charge in [-0.05, 0) is 42.3 Å². The van der Waals surface area contributed by atoms with Gasteiger partial charge in [0, 0.05) is 12.0 Å². The van der Waals surface area contributed by atoms with Crippen LogP contribution in [0.1, 0.15) is 73.4 Å². The molecule has 0 bridgehead atoms. The first-order valence-corrected chi connectivity index (χ1v) is 11.7. The van der Waals surface area contributed by atoms with E-state index in [4.69, 9.17) is 4.74 Å². The molecule has 0 aliphatic carbocycles. The van der Waals surface area contributed by atoms with E-state index in [0.717, 1.165) is 35.6 Å². The van der Waals surface area contributed by atoms with Gasteiger partial charge in [0.1, 0.15) is 5.75 Å². The summed E-state index contributed by atoms with van der Waals surface area (Å²) in [6, 6.07) is 18.7. The molecule has 1 amide bonds. The molecular formula is C28H32N2O3. The largest absolute Gasteiger partial charge is 0.422 e. The molecule has 0 saturated heterocycles. The fraction of sp³-hybridized carbons (Fsp3) is 0.321. The van der Waals surface area contributed by atoms with E-state index in [9.17, 15) is 9.59 Å². The van der Waals surface area contributed by atoms with Crippen LogP contribution in [0.5, 0.6) is 5.75 Å². The Labute approximate surface area is 195 Å². The average Bonchev–Trinajstić information content (AvgIpc) is 2.82. The summed E-state index contributed by atoms with van der Waals surface area (Å²) in [5.74, 6) is -0.148. The number of ether oxygens (including phenoxy) is 1. The monoisotopic (exact) mass is 444 g/mol. The highest BCUT2D eigenvalue weighted by Crippen LogP contribution is 2.27. The van der Waals surface area contributed by atoms with Crippen molar-refractivity contribution in [1.82, 2.24) is 5.43 Å². The molecule has 3 aromatic rings. The number of amides is 1. The van der Waals surface area contributed by atoms with E-state index >= 15 is 0 Å². The molecule has 0 aromatic heterocycles. The molecule has 0 fully saturated rings. The second-order valence-electron chi connectivity index (χ2n) is 8.27. The SMILES string of the molecule is CCCCCCCCC(=O)NN=Cc1c(OC(=O)c2cccc(C)c2)ccc2ccccc12. The van der Waals surface area contributed by atoms with E-state index < -0.39 is 5.97 Å². The van der Waals surface area contributed by atoms with E-state index in [-0.39, 0.29) is 5.91 Å². The minimum Gasteiger partial charge on any atom is -0.422 e. The summed E-state index contributed by atoms with van der Waals surface area (Å²) in [6.07, 6.45) is 8.77. The third-order valence-corrected chi connectivity index (χ3v) is 5.53. The number of benzene rings is 3. The molecule has 0 atom stereocenters. The quantitative estimate of drug-likeness (QED) is 0.120. The maximum absolute atomic E-state index is 12.7. The summed E-state index contributed by atoms with van der Waals surface area (Å²) < 4.78 is 5.72. The van der Waals surface area contributed by atoms with Crippen molar-refractivity contribution in [3.63, 3.8) is 0 Å². The molecule has 5 heteroatoms. The Morgan fingerprint density at radius 3 is 2.55 bits per heavy atom. The van der Waals surface area contributed by atoms with Crippen LogP contribution in [0.2, 0.25) is 0 Å². The molecule has 33 heavy (non-hydrogen) atoms. The van der Waals surface area contributed by atoms with E-state index in [1.807, 2.05) is 49.4 Å². The van der Waals surface area contributed by atoms with E-state index in [2.05, 4.69) is 17.5 Å². The second-order valence-corrected chi connectivity index (χ2v) is 8.27. The Bertz CT molecular complexity index is 1120. The first-order chi connectivity index (χ1) is 16.1. The van der Waals surface area contributed by atoms with Crippen LogP contribution < -0.4 is 10.2 Å². The molecule has 5 nitrogen and oxygen atoms in total. The summed E-state index contributed by atoms with van der Waals surface area (Å²) in [4.78, 5) is 24.9. The van der Waals surface area contributed by atoms with Gasteiger partial charge in [-0.1, -0.05) is 87.1 Å². The van der Waals surface area contributed by atoms with Crippen molar-refractivity contribution in [3.8, 4) is 5.75 Å². The molecule has 0 saturated carbocycles. The van der Waals surface area contributed by atoms with Crippen LogP contribution in [-0.4, -0.2) is 18.1 Å². The lowest BCUT2D eigenvalue weighted by atomic mass is 10.0. The number of nitrogens with one attached hydrogen (secondary N) is 1. The first kappa shape index (κ1) is 24.2. The van der Waals surface area contributed by atoms with Crippen LogP contribution in [0.15, 0.2) is 65.8 Å². The zero-order valence-electron chi connectivity index (χ0n) is 19.5. The molecule has 0 spiro atoms. The lowest BCUT2D eigenvalue weighted by molar-refractivity contribution is -0.121. The Kier molecular flexibility index (Phi) is 9.19.